The van der Waals surface area contributed by atoms with E-state index in [0.29, 0.717) is 11.6 Å². The summed E-state index contributed by atoms with van der Waals surface area (Å²) in [4.78, 5) is 24.9. The molecular formula is C18H26N6O. The number of aryl methyl sites for hydroxylation is 2. The zero-order valence-electron chi connectivity index (χ0n) is 15.4. The van der Waals surface area contributed by atoms with Crippen LogP contribution in [-0.2, 0) is 13.6 Å². The second-order valence-electron chi connectivity index (χ2n) is 7.03. The first kappa shape index (κ1) is 17.5. The van der Waals surface area contributed by atoms with Crippen molar-refractivity contribution in [3.8, 4) is 0 Å². The van der Waals surface area contributed by atoms with Gasteiger partial charge in [0.2, 0.25) is 0 Å². The highest BCUT2D eigenvalue weighted by molar-refractivity contribution is 5.92. The van der Waals surface area contributed by atoms with Gasteiger partial charge >= 0.3 is 0 Å². The number of hydrogen-bond donors (Lipinski definition) is 0. The van der Waals surface area contributed by atoms with Gasteiger partial charge in [-0.15, -0.1) is 0 Å². The highest BCUT2D eigenvalue weighted by Crippen LogP contribution is 2.28. The van der Waals surface area contributed by atoms with Crippen LogP contribution in [0.4, 0.5) is 0 Å². The summed E-state index contributed by atoms with van der Waals surface area (Å²) in [6.07, 6.45) is 5.07. The van der Waals surface area contributed by atoms with Gasteiger partial charge in [-0.05, 0) is 39.9 Å². The summed E-state index contributed by atoms with van der Waals surface area (Å²) in [6, 6.07) is 2.20. The lowest BCUT2D eigenvalue weighted by molar-refractivity contribution is 0.0705. The normalized spacial score (nSPS) is 15.8. The lowest BCUT2D eigenvalue weighted by atomic mass is 9.93. The van der Waals surface area contributed by atoms with E-state index in [4.69, 9.17) is 0 Å². The molecule has 0 saturated carbocycles. The van der Waals surface area contributed by atoms with Crippen LogP contribution in [0.1, 0.15) is 46.3 Å². The maximum absolute atomic E-state index is 12.5. The number of hydrogen-bond acceptors (Lipinski definition) is 5. The molecular weight excluding hydrogens is 316 g/mol. The van der Waals surface area contributed by atoms with Crippen molar-refractivity contribution in [1.82, 2.24) is 29.5 Å². The topological polar surface area (TPSA) is 67.2 Å². The molecule has 0 aliphatic carbocycles. The molecule has 0 spiro atoms. The quantitative estimate of drug-likeness (QED) is 0.844. The molecule has 0 unspecified atom stereocenters. The minimum atomic E-state index is -0.0275. The van der Waals surface area contributed by atoms with Crippen LogP contribution >= 0.6 is 0 Å². The van der Waals surface area contributed by atoms with Gasteiger partial charge in [0, 0.05) is 38.8 Å². The fourth-order valence-electron chi connectivity index (χ4n) is 3.25. The predicted molar refractivity (Wildman–Crippen MR) is 95.2 cm³/mol. The van der Waals surface area contributed by atoms with Gasteiger partial charge in [-0.25, -0.2) is 4.98 Å². The predicted octanol–water partition coefficient (Wildman–Crippen LogP) is 1.60. The summed E-state index contributed by atoms with van der Waals surface area (Å²) in [5.41, 5.74) is 3.60. The summed E-state index contributed by atoms with van der Waals surface area (Å²) in [5.74, 6) is 0.385. The lowest BCUT2D eigenvalue weighted by Gasteiger charge is -2.31. The number of carbonyl (C=O) groups excluding carboxylic acids is 1. The van der Waals surface area contributed by atoms with E-state index in [1.165, 1.54) is 5.69 Å². The maximum atomic E-state index is 12.5. The van der Waals surface area contributed by atoms with E-state index in [-0.39, 0.29) is 5.91 Å². The third kappa shape index (κ3) is 4.04. The Morgan fingerprint density at radius 2 is 1.96 bits per heavy atom. The third-order valence-electron chi connectivity index (χ3n) is 4.67. The van der Waals surface area contributed by atoms with Crippen molar-refractivity contribution in [2.75, 3.05) is 27.2 Å². The molecule has 25 heavy (non-hydrogen) atoms. The van der Waals surface area contributed by atoms with Gasteiger partial charge in [0.25, 0.3) is 5.91 Å². The Bertz CT molecular complexity index is 729. The van der Waals surface area contributed by atoms with Crippen molar-refractivity contribution < 1.29 is 4.79 Å². The van der Waals surface area contributed by atoms with E-state index in [2.05, 4.69) is 40.1 Å². The van der Waals surface area contributed by atoms with Crippen LogP contribution in [0.25, 0.3) is 0 Å². The van der Waals surface area contributed by atoms with Crippen LogP contribution in [0.5, 0.6) is 0 Å². The van der Waals surface area contributed by atoms with Crippen LogP contribution in [-0.4, -0.2) is 62.6 Å². The van der Waals surface area contributed by atoms with Gasteiger partial charge in [-0.2, -0.15) is 5.10 Å². The molecule has 0 N–H and O–H groups in total. The van der Waals surface area contributed by atoms with E-state index in [0.717, 1.165) is 43.9 Å². The Labute approximate surface area is 148 Å². The van der Waals surface area contributed by atoms with Crippen molar-refractivity contribution in [3.05, 3.63) is 41.2 Å². The van der Waals surface area contributed by atoms with Gasteiger partial charge in [0.15, 0.2) is 0 Å². The van der Waals surface area contributed by atoms with E-state index in [1.54, 1.807) is 12.4 Å². The number of nitrogens with zero attached hydrogens (tertiary/aromatic N) is 6. The Balaban J connectivity index is 1.62. The Kier molecular flexibility index (Phi) is 5.13. The van der Waals surface area contributed by atoms with Crippen LogP contribution in [0.2, 0.25) is 0 Å². The first-order valence-corrected chi connectivity index (χ1v) is 8.69. The van der Waals surface area contributed by atoms with Crippen molar-refractivity contribution >= 4 is 5.91 Å². The average molecular weight is 342 g/mol. The third-order valence-corrected chi connectivity index (χ3v) is 4.67. The van der Waals surface area contributed by atoms with E-state index < -0.39 is 0 Å². The summed E-state index contributed by atoms with van der Waals surface area (Å²) in [7, 11) is 6.12. The van der Waals surface area contributed by atoms with E-state index in [1.807, 2.05) is 23.6 Å². The van der Waals surface area contributed by atoms with Crippen molar-refractivity contribution in [3.63, 3.8) is 0 Å². The molecule has 7 heteroatoms. The SMILES string of the molecule is Cc1cnc(C(=O)N2CCC(c3cc(CN(C)C)n(C)n3)CC2)cn1. The fourth-order valence-corrected chi connectivity index (χ4v) is 3.25. The molecule has 1 aliphatic heterocycles. The molecule has 1 fully saturated rings. The molecule has 2 aromatic rings. The molecule has 3 rings (SSSR count). The minimum absolute atomic E-state index is 0.0275. The minimum Gasteiger partial charge on any atom is -0.337 e. The van der Waals surface area contributed by atoms with Crippen molar-refractivity contribution in [2.45, 2.75) is 32.2 Å². The summed E-state index contributed by atoms with van der Waals surface area (Å²) < 4.78 is 1.97. The van der Waals surface area contributed by atoms with Crippen LogP contribution in [0.15, 0.2) is 18.5 Å². The zero-order chi connectivity index (χ0) is 18.0. The number of carbonyl (C=O) groups is 1. The van der Waals surface area contributed by atoms with Crippen LogP contribution in [0.3, 0.4) is 0 Å². The molecule has 0 atom stereocenters. The second-order valence-corrected chi connectivity index (χ2v) is 7.03. The van der Waals surface area contributed by atoms with Gasteiger partial charge in [0.05, 0.1) is 23.3 Å². The van der Waals surface area contributed by atoms with Gasteiger partial charge in [-0.1, -0.05) is 0 Å². The van der Waals surface area contributed by atoms with Crippen molar-refractivity contribution in [1.29, 1.82) is 0 Å². The van der Waals surface area contributed by atoms with Gasteiger partial charge in [0.1, 0.15) is 5.69 Å². The summed E-state index contributed by atoms with van der Waals surface area (Å²) in [5, 5.41) is 4.69. The van der Waals surface area contributed by atoms with Crippen LogP contribution in [0, 0.1) is 6.92 Å². The highest BCUT2D eigenvalue weighted by atomic mass is 16.2. The zero-order valence-corrected chi connectivity index (χ0v) is 15.4. The number of aromatic nitrogens is 4. The van der Waals surface area contributed by atoms with Gasteiger partial charge in [-0.3, -0.25) is 14.5 Å². The Morgan fingerprint density at radius 3 is 2.56 bits per heavy atom. The molecule has 134 valence electrons. The molecule has 1 aliphatic rings. The van der Waals surface area contributed by atoms with Gasteiger partial charge < -0.3 is 9.80 Å². The monoisotopic (exact) mass is 342 g/mol. The first-order chi connectivity index (χ1) is 11.9. The highest BCUT2D eigenvalue weighted by Gasteiger charge is 2.27. The molecule has 7 nitrogen and oxygen atoms in total. The molecule has 0 bridgehead atoms. The first-order valence-electron chi connectivity index (χ1n) is 8.69. The molecule has 1 saturated heterocycles. The standard InChI is InChI=1S/C18H26N6O/c1-13-10-20-17(11-19-13)18(25)24-7-5-14(6-8-24)16-9-15(12-22(2)3)23(4)21-16/h9-11,14H,5-8,12H2,1-4H3. The molecule has 2 aromatic heterocycles. The molecule has 1 amide bonds. The number of rotatable bonds is 4. The number of piperidine rings is 1. The fraction of sp³-hybridized carbons (Fsp3) is 0.556. The smallest absolute Gasteiger partial charge is 0.274 e. The summed E-state index contributed by atoms with van der Waals surface area (Å²) in [6.45, 7) is 4.22. The van der Waals surface area contributed by atoms with E-state index >= 15 is 0 Å². The maximum Gasteiger partial charge on any atom is 0.274 e. The average Bonchev–Trinajstić information content (AvgIpc) is 2.95. The summed E-state index contributed by atoms with van der Waals surface area (Å²) >= 11 is 0. The second kappa shape index (κ2) is 7.31. The Hall–Kier alpha value is -2.28. The van der Waals surface area contributed by atoms with E-state index in [9.17, 15) is 4.79 Å². The number of likely N-dealkylation sites (tertiary alicyclic amines) is 1. The number of amides is 1. The molecule has 0 radical (unpaired) electrons. The van der Waals surface area contributed by atoms with Crippen molar-refractivity contribution in [2.24, 2.45) is 7.05 Å². The lowest BCUT2D eigenvalue weighted by Crippen LogP contribution is -2.38. The largest absolute Gasteiger partial charge is 0.337 e. The van der Waals surface area contributed by atoms with Crippen LogP contribution < -0.4 is 0 Å². The molecule has 0 aromatic carbocycles. The molecule has 3 heterocycles. The Morgan fingerprint density at radius 1 is 1.24 bits per heavy atom.